The van der Waals surface area contributed by atoms with E-state index in [2.05, 4.69) is 10.6 Å². The Morgan fingerprint density at radius 2 is 1.10 bits per heavy atom. The third-order valence-electron chi connectivity index (χ3n) is 3.06. The Labute approximate surface area is 138 Å². The van der Waals surface area contributed by atoms with Gasteiger partial charge in [-0.25, -0.2) is 0 Å². The van der Waals surface area contributed by atoms with Gasteiger partial charge in [-0.3, -0.25) is 9.59 Å². The number of amides is 2. The number of carbonyl (C=O) groups excluding carboxylic acids is 2. The number of nitrogens with one attached hydrogen (secondary N) is 2. The maximum Gasteiger partial charge on any atom is 0.220 e. The van der Waals surface area contributed by atoms with Gasteiger partial charge in [-0.1, -0.05) is 19.3 Å². The zero-order valence-electron chi connectivity index (χ0n) is 13.4. The lowest BCUT2D eigenvalue weighted by atomic mass is 10.1. The first-order valence-electron chi connectivity index (χ1n) is 7.72. The molecule has 4 nitrogen and oxygen atoms in total. The second kappa shape index (κ2) is 16.0. The van der Waals surface area contributed by atoms with E-state index < -0.39 is 0 Å². The van der Waals surface area contributed by atoms with Crippen molar-refractivity contribution in [3.05, 3.63) is 0 Å². The van der Waals surface area contributed by atoms with Crippen molar-refractivity contribution >= 4 is 35.3 Å². The van der Waals surface area contributed by atoms with Gasteiger partial charge in [-0.2, -0.15) is 23.5 Å². The summed E-state index contributed by atoms with van der Waals surface area (Å²) in [7, 11) is 0. The van der Waals surface area contributed by atoms with Crippen LogP contribution in [0.4, 0.5) is 0 Å². The molecule has 0 aromatic carbocycles. The molecular weight excluding hydrogens is 304 g/mol. The molecule has 0 heterocycles. The predicted molar refractivity (Wildman–Crippen MR) is 95.1 cm³/mol. The highest BCUT2D eigenvalue weighted by atomic mass is 32.2. The van der Waals surface area contributed by atoms with Crippen LogP contribution in [0.15, 0.2) is 0 Å². The Balaban J connectivity index is 3.19. The van der Waals surface area contributed by atoms with Crippen LogP contribution in [-0.2, 0) is 9.59 Å². The van der Waals surface area contributed by atoms with Crippen molar-refractivity contribution in [2.75, 3.05) is 37.1 Å². The quantitative estimate of drug-likeness (QED) is 0.480. The number of hydrogen-bond donors (Lipinski definition) is 2. The summed E-state index contributed by atoms with van der Waals surface area (Å²) >= 11 is 3.40. The molecule has 0 bridgehead atoms. The summed E-state index contributed by atoms with van der Waals surface area (Å²) in [6, 6.07) is 0. The van der Waals surface area contributed by atoms with E-state index in [1.54, 1.807) is 23.5 Å². The number of hydrogen-bond acceptors (Lipinski definition) is 4. The van der Waals surface area contributed by atoms with E-state index in [1.165, 1.54) is 6.42 Å². The van der Waals surface area contributed by atoms with E-state index in [-0.39, 0.29) is 11.8 Å². The zero-order valence-corrected chi connectivity index (χ0v) is 15.0. The molecule has 0 aliphatic carbocycles. The molecule has 0 aliphatic heterocycles. The molecule has 6 heteroatoms. The van der Waals surface area contributed by atoms with Gasteiger partial charge in [0.05, 0.1) is 0 Å². The van der Waals surface area contributed by atoms with Crippen LogP contribution >= 0.6 is 23.5 Å². The molecule has 0 unspecified atom stereocenters. The van der Waals surface area contributed by atoms with Gasteiger partial charge in [0.1, 0.15) is 0 Å². The SMILES string of the molecule is CSCCC(=O)NCCCCCCCNC(=O)CCSC. The lowest BCUT2D eigenvalue weighted by Gasteiger charge is -2.06. The predicted octanol–water partition coefficient (Wildman–Crippen LogP) is 2.68. The smallest absolute Gasteiger partial charge is 0.220 e. The number of carbonyl (C=O) groups is 2. The molecule has 2 N–H and O–H groups in total. The standard InChI is InChI=1S/C15H30N2O2S2/c1-20-12-8-14(18)16-10-6-4-3-5-7-11-17-15(19)9-13-21-2/h3-13H2,1-2H3,(H,16,18)(H,17,19). The van der Waals surface area contributed by atoms with Crippen LogP contribution in [0.2, 0.25) is 0 Å². The van der Waals surface area contributed by atoms with E-state index in [4.69, 9.17) is 0 Å². The molecule has 0 saturated carbocycles. The van der Waals surface area contributed by atoms with Crippen LogP contribution in [0, 0.1) is 0 Å². The van der Waals surface area contributed by atoms with Crippen LogP contribution in [0.5, 0.6) is 0 Å². The van der Waals surface area contributed by atoms with E-state index in [9.17, 15) is 9.59 Å². The van der Waals surface area contributed by atoms with Crippen molar-refractivity contribution in [1.82, 2.24) is 10.6 Å². The van der Waals surface area contributed by atoms with Gasteiger partial charge in [0, 0.05) is 37.4 Å². The third kappa shape index (κ3) is 15.8. The Morgan fingerprint density at radius 1 is 0.714 bits per heavy atom. The molecule has 0 saturated heterocycles. The van der Waals surface area contributed by atoms with E-state index in [1.807, 2.05) is 12.5 Å². The summed E-state index contributed by atoms with van der Waals surface area (Å²) in [5.74, 6) is 2.12. The first kappa shape index (κ1) is 20.6. The second-order valence-electron chi connectivity index (χ2n) is 4.95. The molecule has 0 fully saturated rings. The molecule has 0 radical (unpaired) electrons. The molecule has 0 aromatic rings. The summed E-state index contributed by atoms with van der Waals surface area (Å²) in [5.41, 5.74) is 0. The monoisotopic (exact) mass is 334 g/mol. The van der Waals surface area contributed by atoms with Crippen molar-refractivity contribution in [2.24, 2.45) is 0 Å². The minimum atomic E-state index is 0.164. The van der Waals surface area contributed by atoms with E-state index in [0.717, 1.165) is 50.3 Å². The minimum absolute atomic E-state index is 0.164. The Bertz CT molecular complexity index is 250. The summed E-state index contributed by atoms with van der Waals surface area (Å²) < 4.78 is 0. The minimum Gasteiger partial charge on any atom is -0.356 e. The van der Waals surface area contributed by atoms with Crippen molar-refractivity contribution in [1.29, 1.82) is 0 Å². The molecule has 124 valence electrons. The molecule has 21 heavy (non-hydrogen) atoms. The second-order valence-corrected chi connectivity index (χ2v) is 6.92. The lowest BCUT2D eigenvalue weighted by molar-refractivity contribution is -0.121. The highest BCUT2D eigenvalue weighted by Gasteiger charge is 2.00. The number of unbranched alkanes of at least 4 members (excludes halogenated alkanes) is 4. The van der Waals surface area contributed by atoms with Gasteiger partial charge in [0.2, 0.25) is 11.8 Å². The fraction of sp³-hybridized carbons (Fsp3) is 0.867. The summed E-state index contributed by atoms with van der Waals surface area (Å²) in [4.78, 5) is 22.7. The average molecular weight is 335 g/mol. The van der Waals surface area contributed by atoms with Gasteiger partial charge < -0.3 is 10.6 Å². The highest BCUT2D eigenvalue weighted by Crippen LogP contribution is 2.02. The van der Waals surface area contributed by atoms with Crippen LogP contribution < -0.4 is 10.6 Å². The maximum atomic E-state index is 11.3. The summed E-state index contributed by atoms with van der Waals surface area (Å²) in [6.45, 7) is 1.58. The van der Waals surface area contributed by atoms with Crippen LogP contribution in [0.1, 0.15) is 44.9 Å². The van der Waals surface area contributed by atoms with Gasteiger partial charge in [0.15, 0.2) is 0 Å². The first-order chi connectivity index (χ1) is 10.2. The number of rotatable bonds is 14. The topological polar surface area (TPSA) is 58.2 Å². The van der Waals surface area contributed by atoms with Crippen molar-refractivity contribution in [3.63, 3.8) is 0 Å². The zero-order chi connectivity index (χ0) is 15.8. The fourth-order valence-corrected chi connectivity index (χ4v) is 2.58. The van der Waals surface area contributed by atoms with E-state index >= 15 is 0 Å². The molecule has 0 atom stereocenters. The van der Waals surface area contributed by atoms with Crippen LogP contribution in [-0.4, -0.2) is 48.9 Å². The summed E-state index contributed by atoms with van der Waals surface area (Å²) in [6.07, 6.45) is 10.8. The normalized spacial score (nSPS) is 10.4. The average Bonchev–Trinajstić information content (AvgIpc) is 2.49. The largest absolute Gasteiger partial charge is 0.356 e. The van der Waals surface area contributed by atoms with E-state index in [0.29, 0.717) is 12.8 Å². The van der Waals surface area contributed by atoms with Gasteiger partial charge in [-0.05, 0) is 25.4 Å². The van der Waals surface area contributed by atoms with Gasteiger partial charge in [-0.15, -0.1) is 0 Å². The molecule has 2 amide bonds. The fourth-order valence-electron chi connectivity index (χ4n) is 1.80. The molecule has 0 aromatic heterocycles. The first-order valence-corrected chi connectivity index (χ1v) is 10.5. The lowest BCUT2D eigenvalue weighted by Crippen LogP contribution is -2.25. The summed E-state index contributed by atoms with van der Waals surface area (Å²) in [5, 5.41) is 5.89. The number of thioether (sulfide) groups is 2. The van der Waals surface area contributed by atoms with Crippen molar-refractivity contribution in [3.8, 4) is 0 Å². The molecule has 0 aliphatic rings. The van der Waals surface area contributed by atoms with Crippen molar-refractivity contribution in [2.45, 2.75) is 44.9 Å². The third-order valence-corrected chi connectivity index (χ3v) is 4.29. The molecule has 0 rings (SSSR count). The Hall–Kier alpha value is -0.360. The molecule has 0 spiro atoms. The maximum absolute atomic E-state index is 11.3. The van der Waals surface area contributed by atoms with Crippen LogP contribution in [0.3, 0.4) is 0 Å². The van der Waals surface area contributed by atoms with Gasteiger partial charge >= 0.3 is 0 Å². The Kier molecular flexibility index (Phi) is 15.7. The van der Waals surface area contributed by atoms with Gasteiger partial charge in [0.25, 0.3) is 0 Å². The van der Waals surface area contributed by atoms with Crippen molar-refractivity contribution < 1.29 is 9.59 Å². The van der Waals surface area contributed by atoms with Crippen LogP contribution in [0.25, 0.3) is 0 Å². The molecular formula is C15H30N2O2S2. The highest BCUT2D eigenvalue weighted by molar-refractivity contribution is 7.98. The Morgan fingerprint density at radius 3 is 1.48 bits per heavy atom.